The third kappa shape index (κ3) is 4.80. The molecule has 25 heavy (non-hydrogen) atoms. The summed E-state index contributed by atoms with van der Waals surface area (Å²) in [6, 6.07) is 10.2. The Morgan fingerprint density at radius 3 is 2.92 bits per heavy atom. The molecule has 1 aliphatic rings. The minimum atomic E-state index is -0.0666. The number of carbonyl (C=O) groups is 1. The fourth-order valence-corrected chi connectivity index (χ4v) is 3.82. The molecule has 134 valence electrons. The molecule has 2 aromatic rings. The third-order valence-corrected chi connectivity index (χ3v) is 5.32. The molecular weight excluding hydrogens is 334 g/mol. The van der Waals surface area contributed by atoms with Crippen LogP contribution in [0.25, 0.3) is 0 Å². The Morgan fingerprint density at radius 2 is 2.20 bits per heavy atom. The molecule has 0 unspecified atom stereocenters. The van der Waals surface area contributed by atoms with Gasteiger partial charge in [-0.1, -0.05) is 30.3 Å². The first kappa shape index (κ1) is 17.9. The lowest BCUT2D eigenvalue weighted by Gasteiger charge is -2.32. The number of aromatic nitrogens is 1. The number of benzene rings is 1. The fraction of sp³-hybridized carbons (Fsp3) is 0.474. The average molecular weight is 359 g/mol. The number of thiazole rings is 1. The predicted molar refractivity (Wildman–Crippen MR) is 99.6 cm³/mol. The molecule has 2 amide bonds. The number of hydrogen-bond donors (Lipinski definition) is 1. The van der Waals surface area contributed by atoms with Crippen LogP contribution in [0.2, 0.25) is 0 Å². The molecule has 3 rings (SSSR count). The Bertz CT molecular complexity index is 689. The number of amides is 2. The lowest BCUT2D eigenvalue weighted by atomic mass is 9.89. The van der Waals surface area contributed by atoms with Gasteiger partial charge in [-0.25, -0.2) is 9.78 Å². The van der Waals surface area contributed by atoms with Gasteiger partial charge >= 0.3 is 6.03 Å². The summed E-state index contributed by atoms with van der Waals surface area (Å²) in [5.74, 6) is 0.301. The highest BCUT2D eigenvalue weighted by molar-refractivity contribution is 7.09. The number of nitrogens with one attached hydrogen (secondary N) is 1. The van der Waals surface area contributed by atoms with Gasteiger partial charge in [-0.2, -0.15) is 0 Å². The van der Waals surface area contributed by atoms with E-state index in [0.29, 0.717) is 19.0 Å². The number of nitrogens with zero attached hydrogens (tertiary/aromatic N) is 2. The van der Waals surface area contributed by atoms with Gasteiger partial charge in [-0.3, -0.25) is 0 Å². The Morgan fingerprint density at radius 1 is 1.40 bits per heavy atom. The van der Waals surface area contributed by atoms with E-state index in [1.165, 1.54) is 5.56 Å². The molecule has 5 nitrogen and oxygen atoms in total. The number of ether oxygens (including phenoxy) is 1. The molecule has 0 radical (unpaired) electrons. The molecule has 0 saturated carbocycles. The van der Waals surface area contributed by atoms with E-state index >= 15 is 0 Å². The van der Waals surface area contributed by atoms with Crippen molar-refractivity contribution in [3.8, 4) is 0 Å². The van der Waals surface area contributed by atoms with E-state index in [1.807, 2.05) is 30.5 Å². The summed E-state index contributed by atoms with van der Waals surface area (Å²) in [4.78, 5) is 18.5. The van der Waals surface area contributed by atoms with Crippen LogP contribution in [-0.2, 0) is 11.3 Å². The van der Waals surface area contributed by atoms with Gasteiger partial charge in [0, 0.05) is 31.5 Å². The molecule has 1 saturated heterocycles. The summed E-state index contributed by atoms with van der Waals surface area (Å²) in [7, 11) is 1.80. The Kier molecular flexibility index (Phi) is 6.04. The van der Waals surface area contributed by atoms with Crippen LogP contribution < -0.4 is 5.32 Å². The maximum Gasteiger partial charge on any atom is 0.317 e. The van der Waals surface area contributed by atoms with Crippen molar-refractivity contribution >= 4 is 17.4 Å². The van der Waals surface area contributed by atoms with Crippen molar-refractivity contribution < 1.29 is 9.53 Å². The zero-order valence-corrected chi connectivity index (χ0v) is 15.6. The summed E-state index contributed by atoms with van der Waals surface area (Å²) in [6.07, 6.45) is 2.16. The summed E-state index contributed by atoms with van der Waals surface area (Å²) in [6.45, 7) is 3.91. The number of urea groups is 1. The van der Waals surface area contributed by atoms with Crippen molar-refractivity contribution in [2.24, 2.45) is 5.92 Å². The molecule has 2 atom stereocenters. The van der Waals surface area contributed by atoms with Gasteiger partial charge in [0.15, 0.2) is 0 Å². The smallest absolute Gasteiger partial charge is 0.317 e. The normalized spacial score (nSPS) is 20.2. The molecule has 0 spiro atoms. The number of aryl methyl sites for hydroxylation is 1. The molecule has 0 bridgehead atoms. The topological polar surface area (TPSA) is 54.5 Å². The van der Waals surface area contributed by atoms with Crippen LogP contribution in [0, 0.1) is 12.8 Å². The highest BCUT2D eigenvalue weighted by atomic mass is 32.1. The quantitative estimate of drug-likeness (QED) is 0.884. The Hall–Kier alpha value is -1.92. The molecule has 1 fully saturated rings. The third-order valence-electron chi connectivity index (χ3n) is 4.50. The van der Waals surface area contributed by atoms with Gasteiger partial charge in [0.25, 0.3) is 0 Å². The van der Waals surface area contributed by atoms with Crippen LogP contribution in [0.4, 0.5) is 4.79 Å². The zero-order valence-electron chi connectivity index (χ0n) is 14.8. The van der Waals surface area contributed by atoms with E-state index in [0.717, 1.165) is 30.2 Å². The summed E-state index contributed by atoms with van der Waals surface area (Å²) in [5.41, 5.74) is 2.12. The first-order valence-corrected chi connectivity index (χ1v) is 9.58. The van der Waals surface area contributed by atoms with Gasteiger partial charge < -0.3 is 15.0 Å². The van der Waals surface area contributed by atoms with Gasteiger partial charge in [0.05, 0.1) is 23.4 Å². The van der Waals surface area contributed by atoms with Crippen molar-refractivity contribution in [1.29, 1.82) is 0 Å². The molecule has 2 heterocycles. The van der Waals surface area contributed by atoms with E-state index in [1.54, 1.807) is 23.3 Å². The van der Waals surface area contributed by atoms with Gasteiger partial charge in [0.2, 0.25) is 0 Å². The van der Waals surface area contributed by atoms with E-state index in [-0.39, 0.29) is 12.1 Å². The minimum Gasteiger partial charge on any atom is -0.373 e. The van der Waals surface area contributed by atoms with Crippen LogP contribution in [0.5, 0.6) is 0 Å². The maximum absolute atomic E-state index is 12.4. The monoisotopic (exact) mass is 359 g/mol. The first-order valence-electron chi connectivity index (χ1n) is 8.70. The second-order valence-corrected chi connectivity index (χ2v) is 7.57. The SMILES string of the molecule is Cc1nc(CN(C)C(=O)NC[C@H]2CCCO[C@H]2c2ccccc2)cs1. The lowest BCUT2D eigenvalue weighted by molar-refractivity contribution is -0.0271. The van der Waals surface area contributed by atoms with E-state index in [4.69, 9.17) is 4.74 Å². The lowest BCUT2D eigenvalue weighted by Crippen LogP contribution is -2.41. The van der Waals surface area contributed by atoms with Crippen molar-refractivity contribution in [3.05, 3.63) is 52.0 Å². The summed E-state index contributed by atoms with van der Waals surface area (Å²) in [5, 5.41) is 6.08. The van der Waals surface area contributed by atoms with Crippen LogP contribution in [0.15, 0.2) is 35.7 Å². The minimum absolute atomic E-state index is 0.0572. The Balaban J connectivity index is 1.54. The van der Waals surface area contributed by atoms with Gasteiger partial charge in [-0.05, 0) is 25.3 Å². The van der Waals surface area contributed by atoms with E-state index in [2.05, 4.69) is 22.4 Å². The van der Waals surface area contributed by atoms with Crippen molar-refractivity contribution in [3.63, 3.8) is 0 Å². The largest absolute Gasteiger partial charge is 0.373 e. The summed E-state index contributed by atoms with van der Waals surface area (Å²) < 4.78 is 5.99. The molecule has 0 aliphatic carbocycles. The van der Waals surface area contributed by atoms with E-state index < -0.39 is 0 Å². The number of carbonyl (C=O) groups excluding carboxylic acids is 1. The summed E-state index contributed by atoms with van der Waals surface area (Å²) >= 11 is 1.61. The average Bonchev–Trinajstić information content (AvgIpc) is 3.05. The van der Waals surface area contributed by atoms with Gasteiger partial charge in [0.1, 0.15) is 0 Å². The molecule has 1 aliphatic heterocycles. The zero-order chi connectivity index (χ0) is 17.6. The van der Waals surface area contributed by atoms with Crippen LogP contribution in [0.1, 0.15) is 35.2 Å². The van der Waals surface area contributed by atoms with Crippen molar-refractivity contribution in [2.45, 2.75) is 32.4 Å². The van der Waals surface area contributed by atoms with Crippen LogP contribution in [0.3, 0.4) is 0 Å². The van der Waals surface area contributed by atoms with E-state index in [9.17, 15) is 4.79 Å². The molecule has 1 N–H and O–H groups in total. The maximum atomic E-state index is 12.4. The van der Waals surface area contributed by atoms with Crippen LogP contribution >= 0.6 is 11.3 Å². The number of rotatable bonds is 5. The second-order valence-electron chi connectivity index (χ2n) is 6.50. The second kappa shape index (κ2) is 8.45. The molecule has 6 heteroatoms. The molecular formula is C19H25N3O2S. The van der Waals surface area contributed by atoms with Gasteiger partial charge in [-0.15, -0.1) is 11.3 Å². The van der Waals surface area contributed by atoms with Crippen molar-refractivity contribution in [1.82, 2.24) is 15.2 Å². The predicted octanol–water partition coefficient (Wildman–Crippen LogP) is 3.76. The molecule has 1 aromatic heterocycles. The molecule has 1 aromatic carbocycles. The standard InChI is InChI=1S/C19H25N3O2S/c1-14-21-17(13-25-14)12-22(2)19(23)20-11-16-9-6-10-24-18(16)15-7-4-3-5-8-15/h3-5,7-8,13,16,18H,6,9-12H2,1-2H3,(H,20,23)/t16-,18+/m1/s1. The first-order chi connectivity index (χ1) is 12.1. The Labute approximate surface area is 153 Å². The van der Waals surface area contributed by atoms with Crippen molar-refractivity contribution in [2.75, 3.05) is 20.2 Å². The fourth-order valence-electron chi connectivity index (χ4n) is 3.21. The van der Waals surface area contributed by atoms with Crippen LogP contribution in [-0.4, -0.2) is 36.1 Å². The number of hydrogen-bond acceptors (Lipinski definition) is 4. The highest BCUT2D eigenvalue weighted by Gasteiger charge is 2.28. The highest BCUT2D eigenvalue weighted by Crippen LogP contribution is 2.33.